The van der Waals surface area contributed by atoms with Crippen molar-refractivity contribution in [2.45, 2.75) is 39.0 Å². The largest absolute Gasteiger partial charge is 0.496 e. The zero-order chi connectivity index (χ0) is 23.9. The molecule has 4 rings (SSSR count). The molecule has 2 aliphatic heterocycles. The molecule has 1 aromatic heterocycles. The van der Waals surface area contributed by atoms with E-state index in [-0.39, 0.29) is 11.9 Å². The van der Waals surface area contributed by atoms with Crippen LogP contribution in [0.3, 0.4) is 0 Å². The van der Waals surface area contributed by atoms with E-state index in [1.54, 1.807) is 12.0 Å². The van der Waals surface area contributed by atoms with Crippen molar-refractivity contribution in [2.75, 3.05) is 58.2 Å². The second-order valence-corrected chi connectivity index (χ2v) is 9.82. The van der Waals surface area contributed by atoms with Crippen molar-refractivity contribution in [3.8, 4) is 17.0 Å². The number of aryl methyl sites for hydroxylation is 1. The summed E-state index contributed by atoms with van der Waals surface area (Å²) in [4.78, 5) is 35.9. The SMILES string of the molecule is CCCc1ccc(OC)c(-c2csc(NC(=O)N3CCN(CC(=O)N4CCCCC4)CC3)n2)c1. The first-order chi connectivity index (χ1) is 16.6. The lowest BCUT2D eigenvalue weighted by atomic mass is 10.0. The summed E-state index contributed by atoms with van der Waals surface area (Å²) in [6.07, 6.45) is 5.51. The van der Waals surface area contributed by atoms with Crippen LogP contribution in [0.5, 0.6) is 5.75 Å². The number of thiazole rings is 1. The average Bonchev–Trinajstić information content (AvgIpc) is 3.33. The van der Waals surface area contributed by atoms with Gasteiger partial charge in [0.1, 0.15) is 5.75 Å². The van der Waals surface area contributed by atoms with Gasteiger partial charge in [-0.25, -0.2) is 9.78 Å². The molecule has 1 aromatic carbocycles. The van der Waals surface area contributed by atoms with E-state index in [9.17, 15) is 9.59 Å². The molecule has 2 aromatic rings. The number of carbonyl (C=O) groups excluding carboxylic acids is 2. The third-order valence-corrected chi connectivity index (χ3v) is 7.28. The third kappa shape index (κ3) is 6.07. The van der Waals surface area contributed by atoms with Crippen LogP contribution < -0.4 is 10.1 Å². The number of carbonyl (C=O) groups is 2. The van der Waals surface area contributed by atoms with Gasteiger partial charge in [-0.15, -0.1) is 11.3 Å². The fraction of sp³-hybridized carbons (Fsp3) is 0.560. The van der Waals surface area contributed by atoms with Crippen molar-refractivity contribution >= 4 is 28.4 Å². The summed E-state index contributed by atoms with van der Waals surface area (Å²) in [6.45, 7) is 6.98. The number of methoxy groups -OCH3 is 1. The summed E-state index contributed by atoms with van der Waals surface area (Å²) in [5.41, 5.74) is 2.99. The number of likely N-dealkylation sites (tertiary alicyclic amines) is 1. The molecule has 34 heavy (non-hydrogen) atoms. The molecule has 0 spiro atoms. The van der Waals surface area contributed by atoms with E-state index in [0.29, 0.717) is 37.9 Å². The summed E-state index contributed by atoms with van der Waals surface area (Å²) in [5, 5.41) is 5.47. The number of benzene rings is 1. The molecule has 2 fully saturated rings. The molecule has 0 aliphatic carbocycles. The topological polar surface area (TPSA) is 78.0 Å². The smallest absolute Gasteiger partial charge is 0.323 e. The molecule has 2 aliphatic rings. The predicted molar refractivity (Wildman–Crippen MR) is 136 cm³/mol. The third-order valence-electron chi connectivity index (χ3n) is 6.52. The molecule has 0 saturated carbocycles. The number of nitrogens with one attached hydrogen (secondary N) is 1. The molecule has 2 saturated heterocycles. The van der Waals surface area contributed by atoms with Gasteiger partial charge in [0.25, 0.3) is 0 Å². The maximum absolute atomic E-state index is 12.8. The number of urea groups is 1. The Hall–Kier alpha value is -2.65. The van der Waals surface area contributed by atoms with Gasteiger partial charge in [0.2, 0.25) is 5.91 Å². The lowest BCUT2D eigenvalue weighted by Gasteiger charge is -2.35. The number of amides is 3. The highest BCUT2D eigenvalue weighted by Gasteiger charge is 2.25. The summed E-state index contributed by atoms with van der Waals surface area (Å²) < 4.78 is 5.53. The monoisotopic (exact) mass is 485 g/mol. The van der Waals surface area contributed by atoms with Gasteiger partial charge in [-0.3, -0.25) is 15.0 Å². The number of hydrogen-bond acceptors (Lipinski definition) is 6. The van der Waals surface area contributed by atoms with E-state index in [2.05, 4.69) is 34.3 Å². The summed E-state index contributed by atoms with van der Waals surface area (Å²) >= 11 is 1.41. The van der Waals surface area contributed by atoms with Crippen molar-refractivity contribution in [1.82, 2.24) is 19.7 Å². The number of ether oxygens (including phenoxy) is 1. The van der Waals surface area contributed by atoms with Crippen LogP contribution in [-0.2, 0) is 11.2 Å². The molecule has 0 atom stereocenters. The maximum Gasteiger partial charge on any atom is 0.323 e. The molecule has 3 amide bonds. The highest BCUT2D eigenvalue weighted by molar-refractivity contribution is 7.14. The van der Waals surface area contributed by atoms with Crippen LogP contribution >= 0.6 is 11.3 Å². The number of nitrogens with zero attached hydrogens (tertiary/aromatic N) is 4. The van der Waals surface area contributed by atoms with E-state index >= 15 is 0 Å². The second-order valence-electron chi connectivity index (χ2n) is 8.96. The van der Waals surface area contributed by atoms with Crippen molar-refractivity contribution in [3.63, 3.8) is 0 Å². The van der Waals surface area contributed by atoms with E-state index in [1.165, 1.54) is 23.3 Å². The Bertz CT molecular complexity index is 981. The van der Waals surface area contributed by atoms with E-state index in [0.717, 1.165) is 55.8 Å². The van der Waals surface area contributed by atoms with E-state index in [4.69, 9.17) is 4.74 Å². The number of rotatable bonds is 7. The minimum atomic E-state index is -0.144. The molecule has 3 heterocycles. The van der Waals surface area contributed by atoms with Crippen LogP contribution in [0.4, 0.5) is 9.93 Å². The Labute approximate surface area is 205 Å². The first-order valence-corrected chi connectivity index (χ1v) is 13.1. The van der Waals surface area contributed by atoms with Crippen LogP contribution in [0.25, 0.3) is 11.3 Å². The van der Waals surface area contributed by atoms with E-state index < -0.39 is 0 Å². The van der Waals surface area contributed by atoms with E-state index in [1.807, 2.05) is 16.3 Å². The normalized spacial score (nSPS) is 17.0. The van der Waals surface area contributed by atoms with Gasteiger partial charge >= 0.3 is 6.03 Å². The molecular formula is C25H35N5O3S. The first kappa shape index (κ1) is 24.5. The standard InChI is InChI=1S/C25H35N5O3S/c1-3-7-19-8-9-22(33-2)20(16-19)21-18-34-24(26-21)27-25(32)30-14-12-28(13-15-30)17-23(31)29-10-5-4-6-11-29/h8-9,16,18H,3-7,10-15,17H2,1-2H3,(H,26,27,32). The van der Waals surface area contributed by atoms with Gasteiger partial charge in [-0.05, 0) is 43.4 Å². The van der Waals surface area contributed by atoms with Gasteiger partial charge in [-0.2, -0.15) is 0 Å². The molecule has 0 unspecified atom stereocenters. The zero-order valence-electron chi connectivity index (χ0n) is 20.2. The number of aromatic nitrogens is 1. The highest BCUT2D eigenvalue weighted by Crippen LogP contribution is 2.33. The van der Waals surface area contributed by atoms with Crippen LogP contribution in [0.1, 0.15) is 38.2 Å². The molecule has 8 nitrogen and oxygen atoms in total. The molecule has 9 heteroatoms. The number of hydrogen-bond donors (Lipinski definition) is 1. The van der Waals surface area contributed by atoms with Crippen molar-refractivity contribution in [3.05, 3.63) is 29.1 Å². The van der Waals surface area contributed by atoms with Crippen molar-refractivity contribution < 1.29 is 14.3 Å². The Morgan fingerprint density at radius 3 is 2.53 bits per heavy atom. The Morgan fingerprint density at radius 1 is 1.06 bits per heavy atom. The van der Waals surface area contributed by atoms with Crippen molar-refractivity contribution in [1.29, 1.82) is 0 Å². The number of anilines is 1. The minimum Gasteiger partial charge on any atom is -0.496 e. The quantitative estimate of drug-likeness (QED) is 0.643. The summed E-state index contributed by atoms with van der Waals surface area (Å²) in [5.74, 6) is 0.990. The van der Waals surface area contributed by atoms with Crippen LogP contribution in [-0.4, -0.2) is 84.5 Å². The Kier molecular flexibility index (Phi) is 8.39. The van der Waals surface area contributed by atoms with Gasteiger partial charge in [0, 0.05) is 50.2 Å². The maximum atomic E-state index is 12.8. The predicted octanol–water partition coefficient (Wildman–Crippen LogP) is 3.93. The molecule has 1 N–H and O–H groups in total. The average molecular weight is 486 g/mol. The molecule has 0 radical (unpaired) electrons. The van der Waals surface area contributed by atoms with Crippen LogP contribution in [0, 0.1) is 0 Å². The lowest BCUT2D eigenvalue weighted by molar-refractivity contribution is -0.133. The fourth-order valence-electron chi connectivity index (χ4n) is 4.57. The number of piperazine rings is 1. The van der Waals surface area contributed by atoms with Gasteiger partial charge in [-0.1, -0.05) is 19.4 Å². The molecule has 0 bridgehead atoms. The number of piperidine rings is 1. The molecule has 184 valence electrons. The minimum absolute atomic E-state index is 0.144. The lowest BCUT2D eigenvalue weighted by Crippen LogP contribution is -2.52. The molecular weight excluding hydrogens is 450 g/mol. The highest BCUT2D eigenvalue weighted by atomic mass is 32.1. The fourth-order valence-corrected chi connectivity index (χ4v) is 5.27. The Balaban J connectivity index is 1.30. The van der Waals surface area contributed by atoms with Crippen molar-refractivity contribution in [2.24, 2.45) is 0 Å². The van der Waals surface area contributed by atoms with Gasteiger partial charge in [0.15, 0.2) is 5.13 Å². The summed E-state index contributed by atoms with van der Waals surface area (Å²) in [7, 11) is 1.66. The summed E-state index contributed by atoms with van der Waals surface area (Å²) in [6, 6.07) is 6.04. The Morgan fingerprint density at radius 2 is 1.82 bits per heavy atom. The van der Waals surface area contributed by atoms with Gasteiger partial charge in [0.05, 0.1) is 19.3 Å². The zero-order valence-corrected chi connectivity index (χ0v) is 21.0. The first-order valence-electron chi connectivity index (χ1n) is 12.3. The van der Waals surface area contributed by atoms with Crippen LogP contribution in [0.2, 0.25) is 0 Å². The van der Waals surface area contributed by atoms with Crippen LogP contribution in [0.15, 0.2) is 23.6 Å². The second kappa shape index (κ2) is 11.7. The van der Waals surface area contributed by atoms with Gasteiger partial charge < -0.3 is 14.5 Å².